The number of hydrogen-bond acceptors (Lipinski definition) is 14. The number of unbranched alkanes of at least 4 members (excludes halogenated alkanes) is 3. The standard InChI is InChI=1S/C51H66O14S/c1-4-30-57-47-45(59-33-39-23-13-8-14-24-39)43(37-62-66(3,53)54)63-50(55-2)49(47)65-51-48(61-35-41-27-17-10-18-28-41)46(60-34-40-25-15-9-16-26-40)44(58-32-38-21-11-7-12-22-38)42(64-51)36-56-31-20-6-5-19-29-52/h4,7-18,21-28,42-52H,1,5-6,19-20,29-37H2,2-3H3/t42-,43-,44+,45-,46+,47+,48-,49+,50+,51-/m1/s1. The second kappa shape index (κ2) is 27.8. The molecule has 0 bridgehead atoms. The zero-order chi connectivity index (χ0) is 46.4. The van der Waals surface area contributed by atoms with E-state index in [0.717, 1.165) is 54.2 Å². The predicted octanol–water partition coefficient (Wildman–Crippen LogP) is 6.93. The number of ether oxygens (including phenoxy) is 10. The van der Waals surface area contributed by atoms with Gasteiger partial charge in [0.1, 0.15) is 48.8 Å². The molecule has 1 N–H and O–H groups in total. The van der Waals surface area contributed by atoms with Crippen molar-refractivity contribution in [1.29, 1.82) is 0 Å². The highest BCUT2D eigenvalue weighted by Crippen LogP contribution is 2.36. The molecule has 6 rings (SSSR count). The Balaban J connectivity index is 1.38. The van der Waals surface area contributed by atoms with Gasteiger partial charge >= 0.3 is 0 Å². The Morgan fingerprint density at radius 3 is 1.47 bits per heavy atom. The lowest BCUT2D eigenvalue weighted by molar-refractivity contribution is -0.379. The molecule has 14 nitrogen and oxygen atoms in total. The molecule has 10 atom stereocenters. The molecule has 2 fully saturated rings. The van der Waals surface area contributed by atoms with Crippen LogP contribution in [0.5, 0.6) is 0 Å². The predicted molar refractivity (Wildman–Crippen MR) is 246 cm³/mol. The smallest absolute Gasteiger partial charge is 0.264 e. The van der Waals surface area contributed by atoms with Crippen molar-refractivity contribution in [2.75, 3.05) is 46.4 Å². The minimum absolute atomic E-state index is 0.0816. The van der Waals surface area contributed by atoms with Crippen LogP contribution < -0.4 is 0 Å². The van der Waals surface area contributed by atoms with E-state index >= 15 is 0 Å². The number of aliphatic hydroxyl groups excluding tert-OH is 1. The minimum Gasteiger partial charge on any atom is -0.396 e. The molecule has 0 saturated carbocycles. The fourth-order valence-corrected chi connectivity index (χ4v) is 8.27. The number of rotatable bonds is 29. The summed E-state index contributed by atoms with van der Waals surface area (Å²) in [5.41, 5.74) is 3.69. The SMILES string of the molecule is C=CCO[C@@H]1[C@H](O[C@H]2O[C@H](COCCCCCCO)[C@H](OCc3ccccc3)[C@H](OCc3ccccc3)[C@H]2OCc2ccccc2)[C@@H](OC)O[C@H](COS(C)(=O)=O)[C@H]1OCc1ccccc1. The van der Waals surface area contributed by atoms with Crippen LogP contribution in [0.1, 0.15) is 47.9 Å². The Morgan fingerprint density at radius 1 is 0.561 bits per heavy atom. The summed E-state index contributed by atoms with van der Waals surface area (Å²) in [5.74, 6) is 0. The van der Waals surface area contributed by atoms with Gasteiger partial charge in [-0.2, -0.15) is 8.42 Å². The number of benzene rings is 4. The highest BCUT2D eigenvalue weighted by atomic mass is 32.2. The van der Waals surface area contributed by atoms with E-state index in [-0.39, 0.29) is 52.9 Å². The lowest BCUT2D eigenvalue weighted by Gasteiger charge is -2.50. The first-order valence-electron chi connectivity index (χ1n) is 22.6. The Bertz CT molecular complexity index is 2030. The monoisotopic (exact) mass is 934 g/mol. The lowest BCUT2D eigenvalue weighted by Crippen LogP contribution is -2.66. The molecule has 4 aromatic rings. The zero-order valence-corrected chi connectivity index (χ0v) is 38.8. The molecule has 360 valence electrons. The van der Waals surface area contributed by atoms with Crippen LogP contribution in [0.3, 0.4) is 0 Å². The largest absolute Gasteiger partial charge is 0.396 e. The Morgan fingerprint density at radius 2 is 1.00 bits per heavy atom. The van der Waals surface area contributed by atoms with Gasteiger partial charge in [-0.15, -0.1) is 6.58 Å². The summed E-state index contributed by atoms with van der Waals surface area (Å²) in [6.45, 7) is 5.14. The van der Waals surface area contributed by atoms with Crippen molar-refractivity contribution in [3.8, 4) is 0 Å². The highest BCUT2D eigenvalue weighted by molar-refractivity contribution is 7.85. The van der Waals surface area contributed by atoms with Gasteiger partial charge in [0, 0.05) is 20.3 Å². The molecular formula is C51H66O14S. The van der Waals surface area contributed by atoms with E-state index < -0.39 is 71.5 Å². The van der Waals surface area contributed by atoms with Crippen LogP contribution in [0.25, 0.3) is 0 Å². The molecule has 0 amide bonds. The minimum atomic E-state index is -3.88. The van der Waals surface area contributed by atoms with Gasteiger partial charge in [0.05, 0.1) is 52.5 Å². The summed E-state index contributed by atoms with van der Waals surface area (Å²) >= 11 is 0. The Kier molecular flexibility index (Phi) is 21.7. The maximum Gasteiger partial charge on any atom is 0.264 e. The summed E-state index contributed by atoms with van der Waals surface area (Å²) in [6, 6.07) is 39.1. The molecule has 2 aliphatic heterocycles. The first-order chi connectivity index (χ1) is 32.3. The molecule has 2 heterocycles. The first-order valence-corrected chi connectivity index (χ1v) is 24.4. The van der Waals surface area contributed by atoms with Gasteiger partial charge in [0.25, 0.3) is 10.1 Å². The highest BCUT2D eigenvalue weighted by Gasteiger charge is 2.54. The molecule has 0 radical (unpaired) electrons. The molecular weight excluding hydrogens is 869 g/mol. The average Bonchev–Trinajstić information content (AvgIpc) is 3.34. The molecule has 0 aromatic heterocycles. The summed E-state index contributed by atoms with van der Waals surface area (Å²) in [6.07, 6.45) is -3.44. The Labute approximate surface area is 390 Å². The molecule has 4 aromatic carbocycles. The van der Waals surface area contributed by atoms with Crippen molar-refractivity contribution < 1.29 is 65.1 Å². The van der Waals surface area contributed by atoms with Crippen LogP contribution >= 0.6 is 0 Å². The summed E-state index contributed by atoms with van der Waals surface area (Å²) in [5, 5.41) is 9.30. The summed E-state index contributed by atoms with van der Waals surface area (Å²) < 4.78 is 96.6. The first kappa shape index (κ1) is 51.5. The van der Waals surface area contributed by atoms with E-state index in [1.165, 1.54) is 7.11 Å². The van der Waals surface area contributed by atoms with Crippen LogP contribution in [-0.4, -0.2) is 121 Å². The van der Waals surface area contributed by atoms with Crippen LogP contribution in [-0.2, 0) is 88.1 Å². The van der Waals surface area contributed by atoms with Gasteiger partial charge < -0.3 is 52.5 Å². The molecule has 66 heavy (non-hydrogen) atoms. The van der Waals surface area contributed by atoms with Crippen LogP contribution in [0, 0.1) is 0 Å². The fourth-order valence-electron chi connectivity index (χ4n) is 7.89. The van der Waals surface area contributed by atoms with E-state index in [1.807, 2.05) is 121 Å². The normalized spacial score (nSPS) is 25.7. The van der Waals surface area contributed by atoms with E-state index in [1.54, 1.807) is 6.08 Å². The molecule has 2 saturated heterocycles. The van der Waals surface area contributed by atoms with Crippen molar-refractivity contribution in [3.05, 3.63) is 156 Å². The maximum atomic E-state index is 12.3. The second-order valence-electron chi connectivity index (χ2n) is 16.3. The number of aliphatic hydroxyl groups is 1. The Hall–Kier alpha value is -3.91. The maximum absolute atomic E-state index is 12.3. The van der Waals surface area contributed by atoms with Crippen LogP contribution in [0.15, 0.2) is 134 Å². The third-order valence-electron chi connectivity index (χ3n) is 11.2. The third kappa shape index (κ3) is 16.4. The van der Waals surface area contributed by atoms with Crippen molar-refractivity contribution in [1.82, 2.24) is 0 Å². The third-order valence-corrected chi connectivity index (χ3v) is 11.7. The fraction of sp³-hybridized carbons (Fsp3) is 0.490. The van der Waals surface area contributed by atoms with Crippen molar-refractivity contribution >= 4 is 10.1 Å². The molecule has 0 unspecified atom stereocenters. The van der Waals surface area contributed by atoms with E-state index in [2.05, 4.69) is 6.58 Å². The van der Waals surface area contributed by atoms with E-state index in [9.17, 15) is 13.5 Å². The summed E-state index contributed by atoms with van der Waals surface area (Å²) in [4.78, 5) is 0. The van der Waals surface area contributed by atoms with Crippen molar-refractivity contribution in [2.24, 2.45) is 0 Å². The molecule has 15 heteroatoms. The molecule has 0 aliphatic carbocycles. The van der Waals surface area contributed by atoms with Gasteiger partial charge in [-0.25, -0.2) is 0 Å². The zero-order valence-electron chi connectivity index (χ0n) is 38.0. The lowest BCUT2D eigenvalue weighted by atomic mass is 9.96. The average molecular weight is 935 g/mol. The molecule has 0 spiro atoms. The number of hydrogen-bond donors (Lipinski definition) is 1. The van der Waals surface area contributed by atoms with Gasteiger partial charge in [0.15, 0.2) is 12.6 Å². The second-order valence-corrected chi connectivity index (χ2v) is 17.9. The van der Waals surface area contributed by atoms with Gasteiger partial charge in [-0.05, 0) is 35.1 Å². The van der Waals surface area contributed by atoms with Gasteiger partial charge in [-0.3, -0.25) is 4.18 Å². The van der Waals surface area contributed by atoms with E-state index in [0.29, 0.717) is 6.61 Å². The number of methoxy groups -OCH3 is 1. The van der Waals surface area contributed by atoms with Crippen molar-refractivity contribution in [3.63, 3.8) is 0 Å². The quantitative estimate of drug-likeness (QED) is 0.0340. The van der Waals surface area contributed by atoms with Crippen molar-refractivity contribution in [2.45, 2.75) is 114 Å². The molecule has 2 aliphatic rings. The van der Waals surface area contributed by atoms with Gasteiger partial charge in [0.2, 0.25) is 0 Å². The van der Waals surface area contributed by atoms with Crippen LogP contribution in [0.4, 0.5) is 0 Å². The summed E-state index contributed by atoms with van der Waals surface area (Å²) in [7, 11) is -2.41. The van der Waals surface area contributed by atoms with Crippen LogP contribution in [0.2, 0.25) is 0 Å². The van der Waals surface area contributed by atoms with E-state index in [4.69, 9.17) is 51.6 Å². The van der Waals surface area contributed by atoms with Gasteiger partial charge in [-0.1, -0.05) is 140 Å². The topological polar surface area (TPSA) is 156 Å².